The van der Waals surface area contributed by atoms with Gasteiger partial charge in [-0.25, -0.2) is 4.39 Å². The molecule has 2 fully saturated rings. The molecular formula is C26H30FN3O4. The molecule has 4 rings (SSSR count). The van der Waals surface area contributed by atoms with Crippen LogP contribution in [0, 0.1) is 12.7 Å². The summed E-state index contributed by atoms with van der Waals surface area (Å²) in [6.45, 7) is 6.31. The molecule has 3 amide bonds. The molecule has 8 heteroatoms. The van der Waals surface area contributed by atoms with E-state index in [4.69, 9.17) is 4.74 Å². The molecule has 2 aromatic rings. The van der Waals surface area contributed by atoms with Gasteiger partial charge in [0.15, 0.2) is 0 Å². The first-order valence-corrected chi connectivity index (χ1v) is 11.6. The Hall–Kier alpha value is -3.26. The summed E-state index contributed by atoms with van der Waals surface area (Å²) in [5, 5.41) is 2.89. The number of halogens is 1. The zero-order valence-electron chi connectivity index (χ0n) is 19.7. The minimum atomic E-state index is -1.01. The number of hydrogen-bond donors (Lipinski definition) is 1. The van der Waals surface area contributed by atoms with Crippen LogP contribution in [-0.4, -0.2) is 65.0 Å². The van der Waals surface area contributed by atoms with Crippen LogP contribution >= 0.6 is 0 Å². The van der Waals surface area contributed by atoms with Gasteiger partial charge in [-0.15, -0.1) is 0 Å². The van der Waals surface area contributed by atoms with E-state index >= 15 is 0 Å². The predicted molar refractivity (Wildman–Crippen MR) is 125 cm³/mol. The topological polar surface area (TPSA) is 79.0 Å². The van der Waals surface area contributed by atoms with E-state index in [2.05, 4.69) is 5.32 Å². The van der Waals surface area contributed by atoms with Gasteiger partial charge in [0, 0.05) is 37.5 Å². The maximum absolute atomic E-state index is 14.1. The van der Waals surface area contributed by atoms with Crippen LogP contribution in [0.15, 0.2) is 48.5 Å². The molecule has 0 unspecified atom stereocenters. The normalized spacial score (nSPS) is 19.5. The van der Waals surface area contributed by atoms with E-state index in [0.717, 1.165) is 5.56 Å². The first-order chi connectivity index (χ1) is 16.2. The molecule has 2 aliphatic heterocycles. The van der Waals surface area contributed by atoms with Gasteiger partial charge in [0.05, 0.1) is 12.2 Å². The number of nitrogens with zero attached hydrogens (tertiary/aromatic N) is 2. The van der Waals surface area contributed by atoms with Gasteiger partial charge in [-0.2, -0.15) is 0 Å². The fourth-order valence-electron chi connectivity index (χ4n) is 4.65. The fourth-order valence-corrected chi connectivity index (χ4v) is 4.65. The van der Waals surface area contributed by atoms with E-state index in [-0.39, 0.29) is 43.1 Å². The average Bonchev–Trinajstić information content (AvgIpc) is 3.17. The molecule has 0 saturated carbocycles. The molecule has 0 radical (unpaired) electrons. The molecule has 2 aliphatic rings. The molecular weight excluding hydrogens is 437 g/mol. The summed E-state index contributed by atoms with van der Waals surface area (Å²) in [5.74, 6) is -1.50. The molecule has 0 aromatic heterocycles. The summed E-state index contributed by atoms with van der Waals surface area (Å²) in [6.07, 6.45) is 0.659. The number of benzene rings is 2. The molecule has 0 aliphatic carbocycles. The number of aryl methyl sites for hydroxylation is 1. The van der Waals surface area contributed by atoms with Crippen molar-refractivity contribution < 1.29 is 23.5 Å². The van der Waals surface area contributed by atoms with Gasteiger partial charge in [-0.3, -0.25) is 19.3 Å². The average molecular weight is 468 g/mol. The minimum Gasteiger partial charge on any atom is -0.353 e. The highest BCUT2D eigenvalue weighted by Crippen LogP contribution is 2.39. The predicted octanol–water partition coefficient (Wildman–Crippen LogP) is 3.13. The molecule has 2 aromatic carbocycles. The van der Waals surface area contributed by atoms with Crippen molar-refractivity contribution in [3.05, 3.63) is 71.0 Å². The van der Waals surface area contributed by atoms with Gasteiger partial charge in [-0.1, -0.05) is 29.8 Å². The van der Waals surface area contributed by atoms with Crippen LogP contribution in [0.5, 0.6) is 0 Å². The largest absolute Gasteiger partial charge is 0.353 e. The van der Waals surface area contributed by atoms with Gasteiger partial charge in [0.25, 0.3) is 11.8 Å². The van der Waals surface area contributed by atoms with Crippen molar-refractivity contribution >= 4 is 17.7 Å². The van der Waals surface area contributed by atoms with Crippen molar-refractivity contribution in [3.63, 3.8) is 0 Å². The smallest absolute Gasteiger partial charge is 0.256 e. The number of amides is 3. The minimum absolute atomic E-state index is 0.0209. The second kappa shape index (κ2) is 9.54. The van der Waals surface area contributed by atoms with Crippen molar-refractivity contribution in [1.82, 2.24) is 15.1 Å². The molecule has 34 heavy (non-hydrogen) atoms. The summed E-state index contributed by atoms with van der Waals surface area (Å²) >= 11 is 0. The Labute approximate surface area is 198 Å². The summed E-state index contributed by atoms with van der Waals surface area (Å²) in [4.78, 5) is 42.7. The molecule has 2 heterocycles. The number of likely N-dealkylation sites (tertiary alicyclic amines) is 1. The number of carbonyl (C=O) groups excluding carboxylic acids is 3. The fraction of sp³-hybridized carbons (Fsp3) is 0.423. The maximum Gasteiger partial charge on any atom is 0.256 e. The van der Waals surface area contributed by atoms with Crippen LogP contribution in [0.1, 0.15) is 53.0 Å². The summed E-state index contributed by atoms with van der Waals surface area (Å²) in [6, 6.07) is 12.3. The zero-order valence-corrected chi connectivity index (χ0v) is 19.7. The Kier molecular flexibility index (Phi) is 6.70. The van der Waals surface area contributed by atoms with Crippen LogP contribution in [0.2, 0.25) is 0 Å². The Morgan fingerprint density at radius 3 is 2.29 bits per heavy atom. The Balaban J connectivity index is 1.58. The molecule has 0 bridgehead atoms. The molecule has 180 valence electrons. The molecule has 2 saturated heterocycles. The lowest BCUT2D eigenvalue weighted by Crippen LogP contribution is -2.60. The third-order valence-corrected chi connectivity index (χ3v) is 6.45. The van der Waals surface area contributed by atoms with Crippen molar-refractivity contribution in [2.24, 2.45) is 0 Å². The second-order valence-corrected chi connectivity index (χ2v) is 9.25. The maximum atomic E-state index is 14.1. The van der Waals surface area contributed by atoms with Gasteiger partial charge in [0.1, 0.15) is 17.6 Å². The van der Waals surface area contributed by atoms with Gasteiger partial charge in [0.2, 0.25) is 5.91 Å². The third-order valence-electron chi connectivity index (χ3n) is 6.45. The van der Waals surface area contributed by atoms with E-state index in [1.807, 2.05) is 32.9 Å². The summed E-state index contributed by atoms with van der Waals surface area (Å²) < 4.78 is 20.3. The highest BCUT2D eigenvalue weighted by Gasteiger charge is 2.54. The lowest BCUT2D eigenvalue weighted by Gasteiger charge is -2.44. The lowest BCUT2D eigenvalue weighted by molar-refractivity contribution is -0.128. The van der Waals surface area contributed by atoms with E-state index in [1.54, 1.807) is 34.1 Å². The highest BCUT2D eigenvalue weighted by molar-refractivity contribution is 5.98. The number of carbonyl (C=O) groups is 3. The molecule has 1 atom stereocenters. The van der Waals surface area contributed by atoms with E-state index in [0.29, 0.717) is 18.4 Å². The Morgan fingerprint density at radius 2 is 1.68 bits per heavy atom. The van der Waals surface area contributed by atoms with E-state index in [1.165, 1.54) is 12.1 Å². The highest BCUT2D eigenvalue weighted by atomic mass is 19.1. The van der Waals surface area contributed by atoms with Gasteiger partial charge in [-0.05, 0) is 45.0 Å². The van der Waals surface area contributed by atoms with Crippen LogP contribution in [0.3, 0.4) is 0 Å². The molecule has 1 N–H and O–H groups in total. The summed E-state index contributed by atoms with van der Waals surface area (Å²) in [7, 11) is 0. The van der Waals surface area contributed by atoms with Crippen molar-refractivity contribution in [1.29, 1.82) is 0 Å². The van der Waals surface area contributed by atoms with Crippen LogP contribution < -0.4 is 5.32 Å². The van der Waals surface area contributed by atoms with E-state index in [9.17, 15) is 18.8 Å². The van der Waals surface area contributed by atoms with E-state index < -0.39 is 23.5 Å². The van der Waals surface area contributed by atoms with Crippen molar-refractivity contribution in [2.75, 3.05) is 19.7 Å². The molecule has 1 spiro atoms. The Bertz CT molecular complexity index is 1080. The zero-order chi connectivity index (χ0) is 24.5. The quantitative estimate of drug-likeness (QED) is 0.750. The first-order valence-electron chi connectivity index (χ1n) is 11.6. The number of nitrogens with one attached hydrogen (secondary N) is 1. The standard InChI is InChI=1S/C26H30FN3O4/c1-17(2)28-23(31)22-16-34-26(30(22)24(32)19-10-8-18(3)9-11-19)12-14-29(15-13-26)25(33)20-6-4-5-7-21(20)27/h4-11,17,22H,12-16H2,1-3H3,(H,28,31)/t22-/m1/s1. The number of piperidine rings is 1. The summed E-state index contributed by atoms with van der Waals surface area (Å²) in [5.41, 5.74) is 0.515. The Morgan fingerprint density at radius 1 is 1.03 bits per heavy atom. The van der Waals surface area contributed by atoms with Crippen LogP contribution in [0.25, 0.3) is 0 Å². The second-order valence-electron chi connectivity index (χ2n) is 9.25. The van der Waals surface area contributed by atoms with Crippen LogP contribution in [0.4, 0.5) is 4.39 Å². The SMILES string of the molecule is Cc1ccc(C(=O)N2[C@@H](C(=O)NC(C)C)COC23CCN(C(=O)c2ccccc2F)CC3)cc1. The van der Waals surface area contributed by atoms with Crippen molar-refractivity contribution in [2.45, 2.75) is 51.4 Å². The monoisotopic (exact) mass is 467 g/mol. The van der Waals surface area contributed by atoms with Crippen molar-refractivity contribution in [3.8, 4) is 0 Å². The number of rotatable bonds is 4. The molecule has 7 nitrogen and oxygen atoms in total. The van der Waals surface area contributed by atoms with Crippen LogP contribution in [-0.2, 0) is 9.53 Å². The lowest BCUT2D eigenvalue weighted by atomic mass is 9.96. The third kappa shape index (κ3) is 4.55. The first kappa shape index (κ1) is 23.9. The number of ether oxygens (including phenoxy) is 1. The van der Waals surface area contributed by atoms with Gasteiger partial charge >= 0.3 is 0 Å². The number of hydrogen-bond acceptors (Lipinski definition) is 4. The van der Waals surface area contributed by atoms with Gasteiger partial charge < -0.3 is 15.0 Å².